The quantitative estimate of drug-likeness (QED) is 0.486. The predicted molar refractivity (Wildman–Crippen MR) is 146 cm³/mol. The Hall–Kier alpha value is -2.33. The molecule has 2 atom stereocenters. The largest absolute Gasteiger partial charge is 0.367 e. The standard InChI is InChI=1S/C29H40FN3O4S/c1-21-7-13-27(14-8-21)38(35,36)33-16-15-26(19-33)37-20-28(34)31-18-22-9-11-23(12-10-22)29(32(2)3)24-5-4-6-25(30)17-24/h4-8,13-14,17,22-23,26,29H,9-12,15-16,18-20H2,1-3H3,(H,31,34). The molecule has 2 aromatic carbocycles. The molecule has 1 heterocycles. The van der Waals surface area contributed by atoms with Gasteiger partial charge < -0.3 is 15.0 Å². The van der Waals surface area contributed by atoms with Gasteiger partial charge >= 0.3 is 0 Å². The summed E-state index contributed by atoms with van der Waals surface area (Å²) in [6.45, 7) is 3.10. The van der Waals surface area contributed by atoms with Crippen LogP contribution in [0.3, 0.4) is 0 Å². The highest BCUT2D eigenvalue weighted by Gasteiger charge is 2.34. The lowest BCUT2D eigenvalue weighted by Gasteiger charge is -2.37. The van der Waals surface area contributed by atoms with Gasteiger partial charge in [0.05, 0.1) is 11.0 Å². The Morgan fingerprint density at radius 2 is 1.82 bits per heavy atom. The average molecular weight is 546 g/mol. The fourth-order valence-electron chi connectivity index (χ4n) is 5.80. The van der Waals surface area contributed by atoms with E-state index in [0.717, 1.165) is 36.8 Å². The lowest BCUT2D eigenvalue weighted by Crippen LogP contribution is -2.37. The molecule has 9 heteroatoms. The molecule has 2 unspecified atom stereocenters. The van der Waals surface area contributed by atoms with E-state index in [9.17, 15) is 17.6 Å². The van der Waals surface area contributed by atoms with E-state index in [-0.39, 0.29) is 41.9 Å². The van der Waals surface area contributed by atoms with E-state index in [1.165, 1.54) is 10.4 Å². The van der Waals surface area contributed by atoms with E-state index < -0.39 is 10.0 Å². The van der Waals surface area contributed by atoms with Gasteiger partial charge in [0.1, 0.15) is 12.4 Å². The second kappa shape index (κ2) is 12.7. The number of nitrogens with one attached hydrogen (secondary N) is 1. The third-order valence-electron chi connectivity index (χ3n) is 7.89. The summed E-state index contributed by atoms with van der Waals surface area (Å²) in [4.78, 5) is 14.9. The van der Waals surface area contributed by atoms with Crippen molar-refractivity contribution >= 4 is 15.9 Å². The fourth-order valence-corrected chi connectivity index (χ4v) is 7.29. The van der Waals surface area contributed by atoms with Crippen LogP contribution in [0.15, 0.2) is 53.4 Å². The Kier molecular flexibility index (Phi) is 9.57. The van der Waals surface area contributed by atoms with Crippen LogP contribution in [0.25, 0.3) is 0 Å². The van der Waals surface area contributed by atoms with E-state index >= 15 is 0 Å². The number of halogens is 1. The molecule has 4 rings (SSSR count). The van der Waals surface area contributed by atoms with Crippen molar-refractivity contribution in [3.63, 3.8) is 0 Å². The number of benzene rings is 2. The Balaban J connectivity index is 1.18. The lowest BCUT2D eigenvalue weighted by atomic mass is 9.76. The number of amides is 1. The zero-order valence-electron chi connectivity index (χ0n) is 22.6. The van der Waals surface area contributed by atoms with Crippen molar-refractivity contribution in [2.24, 2.45) is 11.8 Å². The van der Waals surface area contributed by atoms with Crippen LogP contribution in [0.4, 0.5) is 4.39 Å². The van der Waals surface area contributed by atoms with E-state index in [0.29, 0.717) is 31.3 Å². The van der Waals surface area contributed by atoms with Crippen molar-refractivity contribution < 1.29 is 22.3 Å². The summed E-state index contributed by atoms with van der Waals surface area (Å²) in [6, 6.07) is 13.9. The number of hydrogen-bond acceptors (Lipinski definition) is 5. The first-order valence-corrected chi connectivity index (χ1v) is 14.9. The Labute approximate surface area is 226 Å². The number of nitrogens with zero attached hydrogens (tertiary/aromatic N) is 2. The van der Waals surface area contributed by atoms with Crippen LogP contribution in [-0.4, -0.2) is 70.0 Å². The summed E-state index contributed by atoms with van der Waals surface area (Å²) >= 11 is 0. The van der Waals surface area contributed by atoms with E-state index in [1.807, 2.05) is 27.1 Å². The number of carbonyl (C=O) groups excluding carboxylic acids is 1. The smallest absolute Gasteiger partial charge is 0.246 e. The fraction of sp³-hybridized carbons (Fsp3) is 0.552. The molecule has 1 N–H and O–H groups in total. The maximum atomic E-state index is 13.8. The molecule has 2 aliphatic rings. The molecule has 7 nitrogen and oxygen atoms in total. The summed E-state index contributed by atoms with van der Waals surface area (Å²) in [5.41, 5.74) is 2.02. The number of hydrogen-bond donors (Lipinski definition) is 1. The topological polar surface area (TPSA) is 78.9 Å². The van der Waals surface area contributed by atoms with Gasteiger partial charge in [-0.2, -0.15) is 4.31 Å². The Bertz CT molecular complexity index is 1180. The molecule has 0 bridgehead atoms. The minimum atomic E-state index is -3.56. The Morgan fingerprint density at radius 1 is 1.11 bits per heavy atom. The molecule has 38 heavy (non-hydrogen) atoms. The summed E-state index contributed by atoms with van der Waals surface area (Å²) in [6.07, 6.45) is 4.37. The van der Waals surface area contributed by atoms with Crippen molar-refractivity contribution in [2.75, 3.05) is 40.3 Å². The average Bonchev–Trinajstić information content (AvgIpc) is 3.37. The van der Waals surface area contributed by atoms with Crippen molar-refractivity contribution in [1.29, 1.82) is 0 Å². The summed E-state index contributed by atoms with van der Waals surface area (Å²) < 4.78 is 46.8. The highest BCUT2D eigenvalue weighted by atomic mass is 32.2. The molecule has 1 aliphatic heterocycles. The van der Waals surface area contributed by atoms with Gasteiger partial charge in [-0.05, 0) is 94.8 Å². The SMILES string of the molecule is Cc1ccc(S(=O)(=O)N2CCC(OCC(=O)NCC3CCC(C(c4cccc(F)c4)N(C)C)CC3)C2)cc1. The van der Waals surface area contributed by atoms with E-state index in [1.54, 1.807) is 36.4 Å². The third kappa shape index (κ3) is 7.20. The molecular weight excluding hydrogens is 505 g/mol. The minimum Gasteiger partial charge on any atom is -0.367 e. The highest BCUT2D eigenvalue weighted by molar-refractivity contribution is 7.89. The first-order chi connectivity index (χ1) is 18.1. The van der Waals surface area contributed by atoms with Gasteiger partial charge in [-0.25, -0.2) is 12.8 Å². The number of aryl methyl sites for hydroxylation is 1. The van der Waals surface area contributed by atoms with Gasteiger partial charge in [-0.15, -0.1) is 0 Å². The Morgan fingerprint density at radius 3 is 2.47 bits per heavy atom. The van der Waals surface area contributed by atoms with Crippen molar-refractivity contribution in [3.05, 3.63) is 65.5 Å². The molecule has 1 saturated heterocycles. The summed E-state index contributed by atoms with van der Waals surface area (Å²) in [5.74, 6) is 0.486. The van der Waals surface area contributed by atoms with Gasteiger partial charge in [-0.1, -0.05) is 29.8 Å². The molecule has 1 aliphatic carbocycles. The van der Waals surface area contributed by atoms with E-state index in [2.05, 4.69) is 10.2 Å². The van der Waals surface area contributed by atoms with Crippen LogP contribution >= 0.6 is 0 Å². The number of rotatable bonds is 10. The van der Waals surface area contributed by atoms with Crippen LogP contribution in [0.2, 0.25) is 0 Å². The molecule has 2 aromatic rings. The zero-order valence-corrected chi connectivity index (χ0v) is 23.4. The summed E-state index contributed by atoms with van der Waals surface area (Å²) in [7, 11) is 0.533. The lowest BCUT2D eigenvalue weighted by molar-refractivity contribution is -0.127. The van der Waals surface area contributed by atoms with Gasteiger partial charge in [0, 0.05) is 25.7 Å². The van der Waals surface area contributed by atoms with Crippen molar-refractivity contribution in [3.8, 4) is 0 Å². The molecule has 208 valence electrons. The number of carbonyl (C=O) groups is 1. The second-order valence-electron chi connectivity index (χ2n) is 10.9. The monoisotopic (exact) mass is 545 g/mol. The summed E-state index contributed by atoms with van der Waals surface area (Å²) in [5, 5.41) is 3.00. The van der Waals surface area contributed by atoms with Crippen LogP contribution in [0, 0.1) is 24.6 Å². The maximum absolute atomic E-state index is 13.8. The maximum Gasteiger partial charge on any atom is 0.246 e. The van der Waals surface area contributed by atoms with Gasteiger partial charge in [0.25, 0.3) is 0 Å². The number of ether oxygens (including phenoxy) is 1. The molecule has 1 saturated carbocycles. The van der Waals surface area contributed by atoms with Crippen LogP contribution in [-0.2, 0) is 19.6 Å². The predicted octanol–water partition coefficient (Wildman–Crippen LogP) is 4.14. The van der Waals surface area contributed by atoms with Crippen molar-refractivity contribution in [1.82, 2.24) is 14.5 Å². The molecule has 1 amide bonds. The van der Waals surface area contributed by atoms with E-state index in [4.69, 9.17) is 4.74 Å². The van der Waals surface area contributed by atoms with Crippen LogP contribution in [0.1, 0.15) is 49.3 Å². The number of sulfonamides is 1. The van der Waals surface area contributed by atoms with Crippen LogP contribution < -0.4 is 5.32 Å². The normalized spacial score (nSPS) is 23.4. The molecule has 0 radical (unpaired) electrons. The third-order valence-corrected chi connectivity index (χ3v) is 9.77. The van der Waals surface area contributed by atoms with Gasteiger partial charge in [-0.3, -0.25) is 4.79 Å². The second-order valence-corrected chi connectivity index (χ2v) is 12.9. The van der Waals surface area contributed by atoms with Gasteiger partial charge in [0.15, 0.2) is 0 Å². The highest BCUT2D eigenvalue weighted by Crippen LogP contribution is 2.39. The first-order valence-electron chi connectivity index (χ1n) is 13.5. The zero-order chi connectivity index (χ0) is 27.3. The minimum absolute atomic E-state index is 0.0687. The molecular formula is C29H40FN3O4S. The van der Waals surface area contributed by atoms with Gasteiger partial charge in [0.2, 0.25) is 15.9 Å². The molecule has 2 fully saturated rings. The first kappa shape index (κ1) is 28.7. The van der Waals surface area contributed by atoms with Crippen molar-refractivity contribution in [2.45, 2.75) is 56.1 Å². The van der Waals surface area contributed by atoms with Crippen LogP contribution in [0.5, 0.6) is 0 Å². The molecule has 0 aromatic heterocycles. The molecule has 0 spiro atoms.